The number of rotatable bonds is 3. The molecule has 1 heterocycles. The van der Waals surface area contributed by atoms with Crippen molar-refractivity contribution in [2.75, 3.05) is 5.32 Å². The topological polar surface area (TPSA) is 64.1 Å². The van der Waals surface area contributed by atoms with E-state index in [1.807, 2.05) is 0 Å². The number of aromatic nitrogens is 2. The van der Waals surface area contributed by atoms with Crippen LogP contribution in [0.15, 0.2) is 30.3 Å². The van der Waals surface area contributed by atoms with Crippen LogP contribution >= 0.6 is 23.2 Å². The number of halogens is 2. The molecule has 0 atom stereocenters. The molecule has 5 nitrogen and oxygen atoms in total. The summed E-state index contributed by atoms with van der Waals surface area (Å²) in [5, 5.41) is 11.3. The maximum atomic E-state index is 11.0. The lowest BCUT2D eigenvalue weighted by Gasteiger charge is -2.10. The smallest absolute Gasteiger partial charge is 0.308 e. The van der Waals surface area contributed by atoms with Crippen LogP contribution < -0.4 is 10.1 Å². The van der Waals surface area contributed by atoms with Gasteiger partial charge in [0.2, 0.25) is 0 Å². The highest BCUT2D eigenvalue weighted by Gasteiger charge is 2.08. The number of hydrogen-bond donors (Lipinski definition) is 1. The van der Waals surface area contributed by atoms with Gasteiger partial charge in [0.25, 0.3) is 0 Å². The molecular weight excluding hydrogens is 289 g/mol. The standard InChI is InChI=1S/C12H9Cl2N3O2/c1-7(18)19-10-3-2-8(13)6-9(10)15-12-5-4-11(14)16-17-12/h2-6H,1H3,(H,15,17). The summed E-state index contributed by atoms with van der Waals surface area (Å²) in [7, 11) is 0. The lowest BCUT2D eigenvalue weighted by atomic mass is 10.3. The van der Waals surface area contributed by atoms with Gasteiger partial charge in [0, 0.05) is 11.9 Å². The molecule has 2 rings (SSSR count). The first-order valence-corrected chi connectivity index (χ1v) is 6.04. The van der Waals surface area contributed by atoms with Crippen LogP contribution in [0.25, 0.3) is 0 Å². The van der Waals surface area contributed by atoms with Crippen LogP contribution in [-0.2, 0) is 4.79 Å². The summed E-state index contributed by atoms with van der Waals surface area (Å²) in [5.41, 5.74) is 0.513. The van der Waals surface area contributed by atoms with E-state index < -0.39 is 5.97 Å². The molecule has 1 N–H and O–H groups in total. The predicted molar refractivity (Wildman–Crippen MR) is 73.1 cm³/mol. The second kappa shape index (κ2) is 5.86. The number of carbonyl (C=O) groups is 1. The van der Waals surface area contributed by atoms with Crippen LogP contribution in [0.2, 0.25) is 10.2 Å². The van der Waals surface area contributed by atoms with E-state index in [9.17, 15) is 4.79 Å². The maximum absolute atomic E-state index is 11.0. The largest absolute Gasteiger partial charge is 0.424 e. The lowest BCUT2D eigenvalue weighted by Crippen LogP contribution is -2.04. The predicted octanol–water partition coefficient (Wildman–Crippen LogP) is 3.45. The molecule has 7 heteroatoms. The highest BCUT2D eigenvalue weighted by Crippen LogP contribution is 2.30. The van der Waals surface area contributed by atoms with Gasteiger partial charge in [-0.05, 0) is 30.3 Å². The van der Waals surface area contributed by atoms with E-state index in [1.165, 1.54) is 6.92 Å². The van der Waals surface area contributed by atoms with Crippen LogP contribution in [0, 0.1) is 0 Å². The monoisotopic (exact) mass is 297 g/mol. The first kappa shape index (κ1) is 13.6. The molecule has 0 radical (unpaired) electrons. The van der Waals surface area contributed by atoms with E-state index in [0.29, 0.717) is 22.3 Å². The van der Waals surface area contributed by atoms with Crippen molar-refractivity contribution in [2.24, 2.45) is 0 Å². The molecule has 0 fully saturated rings. The Labute approximate surface area is 119 Å². The fourth-order valence-electron chi connectivity index (χ4n) is 1.36. The molecule has 19 heavy (non-hydrogen) atoms. The van der Waals surface area contributed by atoms with E-state index in [4.69, 9.17) is 27.9 Å². The lowest BCUT2D eigenvalue weighted by molar-refractivity contribution is -0.131. The average molecular weight is 298 g/mol. The number of hydrogen-bond acceptors (Lipinski definition) is 5. The summed E-state index contributed by atoms with van der Waals surface area (Å²) in [5.74, 6) is 0.390. The molecule has 0 saturated heterocycles. The van der Waals surface area contributed by atoms with Gasteiger partial charge in [-0.2, -0.15) is 0 Å². The van der Waals surface area contributed by atoms with Gasteiger partial charge in [-0.15, -0.1) is 10.2 Å². The van der Waals surface area contributed by atoms with E-state index >= 15 is 0 Å². The minimum absolute atomic E-state index is 0.289. The molecular formula is C12H9Cl2N3O2. The molecule has 1 aromatic heterocycles. The van der Waals surface area contributed by atoms with E-state index in [2.05, 4.69) is 15.5 Å². The second-order valence-electron chi connectivity index (χ2n) is 3.60. The third-order valence-corrected chi connectivity index (χ3v) is 2.53. The van der Waals surface area contributed by atoms with Gasteiger partial charge < -0.3 is 10.1 Å². The second-order valence-corrected chi connectivity index (χ2v) is 4.42. The average Bonchev–Trinajstić information content (AvgIpc) is 2.35. The van der Waals surface area contributed by atoms with Crippen molar-refractivity contribution in [3.63, 3.8) is 0 Å². The van der Waals surface area contributed by atoms with Crippen LogP contribution in [0.3, 0.4) is 0 Å². The van der Waals surface area contributed by atoms with Gasteiger partial charge in [0.05, 0.1) is 5.69 Å². The number of nitrogens with zero attached hydrogens (tertiary/aromatic N) is 2. The SMILES string of the molecule is CC(=O)Oc1ccc(Cl)cc1Nc1ccc(Cl)nn1. The number of nitrogens with one attached hydrogen (secondary N) is 1. The molecule has 0 aliphatic rings. The summed E-state index contributed by atoms with van der Waals surface area (Å²) < 4.78 is 5.06. The van der Waals surface area contributed by atoms with Crippen LogP contribution in [0.4, 0.5) is 11.5 Å². The number of carbonyl (C=O) groups excluding carboxylic acids is 1. The van der Waals surface area contributed by atoms with Crippen LogP contribution in [0.5, 0.6) is 5.75 Å². The molecule has 0 saturated carbocycles. The molecule has 0 aliphatic carbocycles. The van der Waals surface area contributed by atoms with Crippen molar-refractivity contribution in [3.8, 4) is 5.75 Å². The fraction of sp³-hybridized carbons (Fsp3) is 0.0833. The zero-order valence-corrected chi connectivity index (χ0v) is 11.4. The summed E-state index contributed by atoms with van der Waals surface area (Å²) in [6.45, 7) is 1.32. The van der Waals surface area contributed by atoms with Crippen molar-refractivity contribution >= 4 is 40.7 Å². The zero-order chi connectivity index (χ0) is 13.8. The summed E-state index contributed by atoms with van der Waals surface area (Å²) in [6, 6.07) is 8.07. The van der Waals surface area contributed by atoms with Crippen molar-refractivity contribution in [1.82, 2.24) is 10.2 Å². The zero-order valence-electron chi connectivity index (χ0n) is 9.85. The third kappa shape index (κ3) is 3.81. The summed E-state index contributed by atoms with van der Waals surface area (Å²) >= 11 is 11.6. The van der Waals surface area contributed by atoms with Gasteiger partial charge in [-0.3, -0.25) is 4.79 Å². The van der Waals surface area contributed by atoms with E-state index in [1.54, 1.807) is 30.3 Å². The van der Waals surface area contributed by atoms with Gasteiger partial charge in [0.1, 0.15) is 0 Å². The molecule has 1 aromatic carbocycles. The van der Waals surface area contributed by atoms with Gasteiger partial charge >= 0.3 is 5.97 Å². The van der Waals surface area contributed by atoms with Gasteiger partial charge in [-0.25, -0.2) is 0 Å². The molecule has 0 spiro atoms. The Balaban J connectivity index is 2.29. The van der Waals surface area contributed by atoms with E-state index in [-0.39, 0.29) is 5.15 Å². The Morgan fingerprint density at radius 2 is 2.00 bits per heavy atom. The number of benzene rings is 1. The Bertz CT molecular complexity index is 602. The van der Waals surface area contributed by atoms with Crippen LogP contribution in [0.1, 0.15) is 6.92 Å². The van der Waals surface area contributed by atoms with Crippen molar-refractivity contribution in [2.45, 2.75) is 6.92 Å². The van der Waals surface area contributed by atoms with Crippen LogP contribution in [-0.4, -0.2) is 16.2 Å². The summed E-state index contributed by atoms with van der Waals surface area (Å²) in [6.07, 6.45) is 0. The minimum Gasteiger partial charge on any atom is -0.424 e. The Hall–Kier alpha value is -1.85. The quantitative estimate of drug-likeness (QED) is 0.694. The highest BCUT2D eigenvalue weighted by molar-refractivity contribution is 6.31. The van der Waals surface area contributed by atoms with E-state index in [0.717, 1.165) is 0 Å². The Morgan fingerprint density at radius 1 is 1.21 bits per heavy atom. The molecule has 98 valence electrons. The maximum Gasteiger partial charge on any atom is 0.308 e. The molecule has 0 aliphatic heterocycles. The number of esters is 1. The minimum atomic E-state index is -0.424. The Morgan fingerprint density at radius 3 is 2.63 bits per heavy atom. The number of anilines is 2. The fourth-order valence-corrected chi connectivity index (χ4v) is 1.64. The van der Waals surface area contributed by atoms with Gasteiger partial charge in [-0.1, -0.05) is 23.2 Å². The number of ether oxygens (including phenoxy) is 1. The van der Waals surface area contributed by atoms with Gasteiger partial charge in [0.15, 0.2) is 16.7 Å². The first-order chi connectivity index (χ1) is 9.04. The molecule has 0 amide bonds. The van der Waals surface area contributed by atoms with Crippen molar-refractivity contribution in [1.29, 1.82) is 0 Å². The third-order valence-electron chi connectivity index (χ3n) is 2.09. The normalized spacial score (nSPS) is 10.1. The summed E-state index contributed by atoms with van der Waals surface area (Å²) in [4.78, 5) is 11.0. The molecule has 0 bridgehead atoms. The molecule has 0 unspecified atom stereocenters. The Kier molecular flexibility index (Phi) is 4.19. The molecule has 2 aromatic rings. The highest BCUT2D eigenvalue weighted by atomic mass is 35.5. The van der Waals surface area contributed by atoms with Crippen molar-refractivity contribution in [3.05, 3.63) is 40.5 Å². The van der Waals surface area contributed by atoms with Crippen molar-refractivity contribution < 1.29 is 9.53 Å². The first-order valence-electron chi connectivity index (χ1n) is 5.29.